The van der Waals surface area contributed by atoms with Crippen LogP contribution in [0.1, 0.15) is 12.0 Å². The van der Waals surface area contributed by atoms with E-state index < -0.39 is 41.3 Å². The summed E-state index contributed by atoms with van der Waals surface area (Å²) >= 11 is 0. The number of methoxy groups -OCH3 is 1. The summed E-state index contributed by atoms with van der Waals surface area (Å²) in [5, 5.41) is 11.8. The van der Waals surface area contributed by atoms with Gasteiger partial charge in [-0.15, -0.1) is 0 Å². The number of hydrogen-bond acceptors (Lipinski definition) is 7. The van der Waals surface area contributed by atoms with Gasteiger partial charge in [0, 0.05) is 6.08 Å². The quantitative estimate of drug-likeness (QED) is 0.331. The number of benzene rings is 3. The normalized spacial score (nSPS) is 12.5. The minimum atomic E-state index is -4.49. The highest BCUT2D eigenvalue weighted by atomic mass is 32.3. The first-order chi connectivity index (χ1) is 15.7. The van der Waals surface area contributed by atoms with E-state index in [0.29, 0.717) is 11.3 Å². The van der Waals surface area contributed by atoms with Crippen LogP contribution in [-0.4, -0.2) is 33.5 Å². The molecule has 0 aliphatic rings. The molecule has 0 unspecified atom stereocenters. The molecule has 3 aromatic carbocycles. The SMILES string of the molecule is COc1ccc(/C=C(/CC(S(=O)(=O)c2ccccc2)S(=O)(=O)c2ccccc2)[N+](=O)[O-])cc1. The Kier molecular flexibility index (Phi) is 7.29. The third kappa shape index (κ3) is 5.47. The molecule has 0 heterocycles. The zero-order valence-corrected chi connectivity index (χ0v) is 19.2. The molecule has 3 aromatic rings. The highest BCUT2D eigenvalue weighted by Gasteiger charge is 2.42. The molecule has 172 valence electrons. The Balaban J connectivity index is 2.14. The fourth-order valence-corrected chi connectivity index (χ4v) is 7.62. The number of allylic oxidation sites excluding steroid dienone is 1. The topological polar surface area (TPSA) is 121 Å². The lowest BCUT2D eigenvalue weighted by Crippen LogP contribution is -2.32. The van der Waals surface area contributed by atoms with Crippen LogP contribution in [0.3, 0.4) is 0 Å². The molecule has 0 amide bonds. The molecule has 0 saturated carbocycles. The van der Waals surface area contributed by atoms with Crippen LogP contribution >= 0.6 is 0 Å². The van der Waals surface area contributed by atoms with Crippen molar-refractivity contribution >= 4 is 25.8 Å². The fourth-order valence-electron chi connectivity index (χ4n) is 3.16. The smallest absolute Gasteiger partial charge is 0.249 e. The fraction of sp³-hybridized carbons (Fsp3) is 0.130. The van der Waals surface area contributed by atoms with Crippen LogP contribution in [0.25, 0.3) is 6.08 Å². The number of hydrogen-bond donors (Lipinski definition) is 0. The second-order valence-electron chi connectivity index (χ2n) is 7.02. The molecule has 0 spiro atoms. The molecule has 0 fully saturated rings. The second kappa shape index (κ2) is 9.97. The van der Waals surface area contributed by atoms with Crippen LogP contribution in [0.5, 0.6) is 5.75 Å². The lowest BCUT2D eigenvalue weighted by molar-refractivity contribution is -0.425. The van der Waals surface area contributed by atoms with E-state index in [4.69, 9.17) is 4.74 Å². The number of nitro groups is 1. The van der Waals surface area contributed by atoms with Gasteiger partial charge >= 0.3 is 0 Å². The molecule has 0 bridgehead atoms. The maximum absolute atomic E-state index is 13.4. The minimum Gasteiger partial charge on any atom is -0.497 e. The van der Waals surface area contributed by atoms with E-state index >= 15 is 0 Å². The summed E-state index contributed by atoms with van der Waals surface area (Å²) < 4.78 is 56.6. The van der Waals surface area contributed by atoms with Crippen LogP contribution in [0.15, 0.2) is 100 Å². The van der Waals surface area contributed by atoms with Gasteiger partial charge in [-0.25, -0.2) is 16.8 Å². The van der Waals surface area contributed by atoms with E-state index in [1.165, 1.54) is 55.6 Å². The minimum absolute atomic E-state index is 0.235. The summed E-state index contributed by atoms with van der Waals surface area (Å²) in [5.41, 5.74) is -0.153. The van der Waals surface area contributed by atoms with E-state index in [1.807, 2.05) is 0 Å². The largest absolute Gasteiger partial charge is 0.497 e. The Hall–Kier alpha value is -3.50. The summed E-state index contributed by atoms with van der Waals surface area (Å²) in [6.07, 6.45) is 0.320. The van der Waals surface area contributed by atoms with Gasteiger partial charge in [0.2, 0.25) is 5.70 Å². The lowest BCUT2D eigenvalue weighted by Gasteiger charge is -2.18. The molecule has 10 heteroatoms. The zero-order valence-electron chi connectivity index (χ0n) is 17.6. The Labute approximate surface area is 192 Å². The third-order valence-electron chi connectivity index (χ3n) is 4.90. The molecule has 8 nitrogen and oxygen atoms in total. The van der Waals surface area contributed by atoms with Gasteiger partial charge in [-0.2, -0.15) is 0 Å². The van der Waals surface area contributed by atoms with E-state index in [2.05, 4.69) is 0 Å². The summed E-state index contributed by atoms with van der Waals surface area (Å²) in [6, 6.07) is 20.3. The van der Waals surface area contributed by atoms with Gasteiger partial charge in [0.1, 0.15) is 5.75 Å². The Morgan fingerprint density at radius 2 is 1.30 bits per heavy atom. The predicted octanol–water partition coefficient (Wildman–Crippen LogP) is 3.98. The van der Waals surface area contributed by atoms with Gasteiger partial charge in [-0.3, -0.25) is 10.1 Å². The summed E-state index contributed by atoms with van der Waals surface area (Å²) in [6.45, 7) is 0. The molecule has 0 aromatic heterocycles. The molecule has 0 radical (unpaired) electrons. The monoisotopic (exact) mass is 487 g/mol. The molecule has 3 rings (SSSR count). The van der Waals surface area contributed by atoms with Crippen molar-refractivity contribution in [1.29, 1.82) is 0 Å². The number of nitrogens with zero attached hydrogens (tertiary/aromatic N) is 1. The maximum Gasteiger partial charge on any atom is 0.249 e. The van der Waals surface area contributed by atoms with Gasteiger partial charge in [0.15, 0.2) is 24.3 Å². The van der Waals surface area contributed by atoms with Crippen LogP contribution in [0, 0.1) is 10.1 Å². The van der Waals surface area contributed by atoms with Crippen molar-refractivity contribution in [2.45, 2.75) is 20.8 Å². The van der Waals surface area contributed by atoms with Crippen LogP contribution in [-0.2, 0) is 19.7 Å². The van der Waals surface area contributed by atoms with Crippen molar-refractivity contribution in [3.8, 4) is 5.75 Å². The van der Waals surface area contributed by atoms with Gasteiger partial charge in [-0.1, -0.05) is 48.5 Å². The van der Waals surface area contributed by atoms with Gasteiger partial charge in [0.05, 0.1) is 28.2 Å². The van der Waals surface area contributed by atoms with Crippen molar-refractivity contribution < 1.29 is 26.5 Å². The van der Waals surface area contributed by atoms with Gasteiger partial charge in [-0.05, 0) is 42.0 Å². The molecular formula is C23H21NO7S2. The molecule has 33 heavy (non-hydrogen) atoms. The molecule has 0 saturated heterocycles. The van der Waals surface area contributed by atoms with Crippen molar-refractivity contribution in [1.82, 2.24) is 0 Å². The summed E-state index contributed by atoms with van der Waals surface area (Å²) in [7, 11) is -7.51. The molecular weight excluding hydrogens is 466 g/mol. The number of ether oxygens (including phenoxy) is 1. The van der Waals surface area contributed by atoms with Gasteiger partial charge < -0.3 is 4.74 Å². The Morgan fingerprint density at radius 3 is 1.70 bits per heavy atom. The first-order valence-corrected chi connectivity index (χ1v) is 12.8. The van der Waals surface area contributed by atoms with Crippen LogP contribution in [0.4, 0.5) is 0 Å². The first kappa shape index (κ1) is 24.1. The predicted molar refractivity (Wildman–Crippen MR) is 124 cm³/mol. The summed E-state index contributed by atoms with van der Waals surface area (Å²) in [4.78, 5) is 10.6. The highest BCUT2D eigenvalue weighted by molar-refractivity contribution is 8.09. The average Bonchev–Trinajstić information content (AvgIpc) is 2.82. The standard InChI is InChI=1S/C23H21NO7S2/c1-31-20-14-12-18(13-15-20)16-19(24(25)26)17-23(32(27,28)21-8-4-2-5-9-21)33(29,30)22-10-6-3-7-11-22/h2-16,23H,17H2,1H3/b19-16-. The molecule has 0 aliphatic heterocycles. The number of rotatable bonds is 9. The molecule has 0 N–H and O–H groups in total. The Bertz CT molecular complexity index is 1280. The van der Waals surface area contributed by atoms with E-state index in [-0.39, 0.29) is 9.79 Å². The highest BCUT2D eigenvalue weighted by Crippen LogP contribution is 2.31. The van der Waals surface area contributed by atoms with Crippen LogP contribution in [0.2, 0.25) is 0 Å². The van der Waals surface area contributed by atoms with E-state index in [1.54, 1.807) is 36.4 Å². The van der Waals surface area contributed by atoms with Crippen molar-refractivity contribution in [2.75, 3.05) is 7.11 Å². The van der Waals surface area contributed by atoms with Crippen LogP contribution < -0.4 is 4.74 Å². The first-order valence-electron chi connectivity index (χ1n) is 9.73. The maximum atomic E-state index is 13.4. The average molecular weight is 488 g/mol. The molecule has 0 aliphatic carbocycles. The van der Waals surface area contributed by atoms with E-state index in [0.717, 1.165) is 6.08 Å². The second-order valence-corrected chi connectivity index (χ2v) is 11.6. The number of sulfone groups is 2. The van der Waals surface area contributed by atoms with E-state index in [9.17, 15) is 26.9 Å². The Morgan fingerprint density at radius 1 is 0.848 bits per heavy atom. The third-order valence-corrected chi connectivity index (χ3v) is 9.99. The van der Waals surface area contributed by atoms with Crippen molar-refractivity contribution in [2.24, 2.45) is 0 Å². The van der Waals surface area contributed by atoms with Crippen molar-refractivity contribution in [3.05, 3.63) is 106 Å². The van der Waals surface area contributed by atoms with Crippen molar-refractivity contribution in [3.63, 3.8) is 0 Å². The summed E-state index contributed by atoms with van der Waals surface area (Å²) in [5.74, 6) is 0.533. The van der Waals surface area contributed by atoms with Gasteiger partial charge in [0.25, 0.3) is 0 Å². The lowest BCUT2D eigenvalue weighted by atomic mass is 10.1. The molecule has 0 atom stereocenters. The zero-order chi connectivity index (χ0) is 24.1.